The molecule has 12 nitrogen and oxygen atoms in total. The number of hydrogen-bond donors (Lipinski definition) is 0. The molecule has 0 N–H and O–H groups in total. The fraction of sp³-hybridized carbons (Fsp3) is 0.552. The number of rotatable bonds is 13. The van der Waals surface area contributed by atoms with E-state index in [1.165, 1.54) is 11.1 Å². The Morgan fingerprint density at radius 2 is 1.77 bits per heavy atom. The van der Waals surface area contributed by atoms with Crippen LogP contribution in [0.25, 0.3) is 32.5 Å². The first-order valence-corrected chi connectivity index (χ1v) is 17.5. The second kappa shape index (κ2) is 14.1. The summed E-state index contributed by atoms with van der Waals surface area (Å²) in [7, 11) is -3.17. The molecule has 44 heavy (non-hydrogen) atoms. The molecular formula is C29H38FN7O5S2. The van der Waals surface area contributed by atoms with Crippen molar-refractivity contribution in [3.05, 3.63) is 35.3 Å². The van der Waals surface area contributed by atoms with Gasteiger partial charge in [-0.05, 0) is 12.1 Å². The fourth-order valence-electron chi connectivity index (χ4n) is 5.60. The molecule has 0 spiro atoms. The quantitative estimate of drug-likeness (QED) is 0.201. The zero-order valence-electron chi connectivity index (χ0n) is 24.9. The molecule has 0 unspecified atom stereocenters. The Balaban J connectivity index is 1.25. The molecule has 0 radical (unpaired) electrons. The number of alkyl halides is 1. The van der Waals surface area contributed by atoms with Crippen LogP contribution in [0.1, 0.15) is 4.88 Å². The molecule has 2 aliphatic heterocycles. The van der Waals surface area contributed by atoms with Crippen LogP contribution in [0.4, 0.5) is 10.2 Å². The summed E-state index contributed by atoms with van der Waals surface area (Å²) in [4.78, 5) is 16.0. The molecule has 2 saturated heterocycles. The number of thiophene rings is 1. The summed E-state index contributed by atoms with van der Waals surface area (Å²) in [5.74, 6) is 1.57. The van der Waals surface area contributed by atoms with Crippen molar-refractivity contribution in [2.45, 2.75) is 13.1 Å². The molecule has 2 aliphatic rings. The van der Waals surface area contributed by atoms with Gasteiger partial charge in [-0.3, -0.25) is 9.58 Å². The molecule has 238 valence electrons. The molecule has 2 fully saturated rings. The van der Waals surface area contributed by atoms with Crippen LogP contribution in [0.5, 0.6) is 0 Å². The summed E-state index contributed by atoms with van der Waals surface area (Å²) in [6.07, 6.45) is 3.13. The van der Waals surface area contributed by atoms with Gasteiger partial charge in [0.15, 0.2) is 11.6 Å². The largest absolute Gasteiger partial charge is 0.378 e. The second-order valence-electron chi connectivity index (χ2n) is 10.9. The van der Waals surface area contributed by atoms with E-state index >= 15 is 0 Å². The lowest BCUT2D eigenvalue weighted by Gasteiger charge is -2.32. The fourth-order valence-corrected chi connectivity index (χ4v) is 7.58. The molecule has 3 aromatic heterocycles. The molecule has 0 aliphatic carbocycles. The maximum Gasteiger partial charge on any atom is 0.211 e. The summed E-state index contributed by atoms with van der Waals surface area (Å²) in [6.45, 7) is 7.35. The SMILES string of the molecule is CS(=O)(=O)N1CCN(Cc2cc3nc(-c4cccc5c4cnn5CCOCCOCCF)nc(N4CCOCC4)c3s2)CC1. The average Bonchev–Trinajstić information content (AvgIpc) is 3.64. The van der Waals surface area contributed by atoms with Crippen molar-refractivity contribution >= 4 is 48.3 Å². The third kappa shape index (κ3) is 7.19. The van der Waals surface area contributed by atoms with Gasteiger partial charge in [0.2, 0.25) is 10.0 Å². The molecule has 6 rings (SSSR count). The minimum atomic E-state index is -3.17. The molecule has 0 atom stereocenters. The van der Waals surface area contributed by atoms with E-state index in [1.54, 1.807) is 15.6 Å². The topological polar surface area (TPSA) is 115 Å². The van der Waals surface area contributed by atoms with Crippen molar-refractivity contribution in [1.82, 2.24) is 29.0 Å². The van der Waals surface area contributed by atoms with Crippen LogP contribution >= 0.6 is 11.3 Å². The van der Waals surface area contributed by atoms with E-state index in [0.717, 1.165) is 52.1 Å². The van der Waals surface area contributed by atoms with Crippen molar-refractivity contribution in [1.29, 1.82) is 0 Å². The number of piperazine rings is 1. The lowest BCUT2D eigenvalue weighted by Crippen LogP contribution is -2.47. The molecule has 1 aromatic carbocycles. The zero-order chi connectivity index (χ0) is 30.5. The third-order valence-corrected chi connectivity index (χ3v) is 10.3. The summed E-state index contributed by atoms with van der Waals surface area (Å²) in [5.41, 5.74) is 2.78. The Morgan fingerprint density at radius 3 is 2.52 bits per heavy atom. The van der Waals surface area contributed by atoms with E-state index in [4.69, 9.17) is 24.2 Å². The molecule has 15 heteroatoms. The van der Waals surface area contributed by atoms with Crippen LogP contribution in [-0.2, 0) is 37.3 Å². The lowest BCUT2D eigenvalue weighted by atomic mass is 10.1. The summed E-state index contributed by atoms with van der Waals surface area (Å²) < 4.78 is 57.0. The Kier molecular flexibility index (Phi) is 10.0. The van der Waals surface area contributed by atoms with Crippen LogP contribution in [0.15, 0.2) is 30.5 Å². The number of anilines is 1. The van der Waals surface area contributed by atoms with E-state index in [-0.39, 0.29) is 6.61 Å². The first-order valence-electron chi connectivity index (χ1n) is 14.9. The minimum Gasteiger partial charge on any atom is -0.378 e. The number of morpholine rings is 1. The van der Waals surface area contributed by atoms with Crippen molar-refractivity contribution in [2.24, 2.45) is 0 Å². The number of halogens is 1. The van der Waals surface area contributed by atoms with Crippen molar-refractivity contribution in [3.8, 4) is 11.4 Å². The van der Waals surface area contributed by atoms with Crippen LogP contribution in [0.2, 0.25) is 0 Å². The standard InChI is InChI=1S/C29H38FN7O5S2/c1-44(38,39)36-8-6-34(7-9-36)21-22-19-25-27(43-22)29(35-10-14-41-15-11-35)33-28(32-25)23-3-2-4-26-24(23)20-31-37(26)12-16-42-18-17-40-13-5-30/h2-4,19-20H,5-18,21H2,1H3. The van der Waals surface area contributed by atoms with Gasteiger partial charge in [-0.25, -0.2) is 22.8 Å². The highest BCUT2D eigenvalue weighted by Crippen LogP contribution is 2.36. The van der Waals surface area contributed by atoms with E-state index in [0.29, 0.717) is 71.6 Å². The monoisotopic (exact) mass is 647 g/mol. The average molecular weight is 648 g/mol. The maximum atomic E-state index is 12.2. The van der Waals surface area contributed by atoms with Gasteiger partial charge in [-0.2, -0.15) is 9.40 Å². The van der Waals surface area contributed by atoms with Crippen molar-refractivity contribution in [3.63, 3.8) is 0 Å². The number of hydrogen-bond acceptors (Lipinski definition) is 11. The van der Waals surface area contributed by atoms with Gasteiger partial charge in [0.1, 0.15) is 6.67 Å². The number of benzene rings is 1. The molecule has 0 bridgehead atoms. The summed E-state index contributed by atoms with van der Waals surface area (Å²) in [5, 5.41) is 5.58. The summed E-state index contributed by atoms with van der Waals surface area (Å²) >= 11 is 1.71. The van der Waals surface area contributed by atoms with Gasteiger partial charge in [0.05, 0.1) is 74.4 Å². The van der Waals surface area contributed by atoms with E-state index in [9.17, 15) is 12.8 Å². The number of nitrogens with zero attached hydrogens (tertiary/aromatic N) is 7. The van der Waals surface area contributed by atoms with Crippen LogP contribution in [-0.4, -0.2) is 129 Å². The highest BCUT2D eigenvalue weighted by atomic mass is 32.2. The summed E-state index contributed by atoms with van der Waals surface area (Å²) in [6, 6.07) is 8.21. The van der Waals surface area contributed by atoms with Crippen LogP contribution in [0.3, 0.4) is 0 Å². The highest BCUT2D eigenvalue weighted by Gasteiger charge is 2.25. The Labute approximate surface area is 260 Å². The lowest BCUT2D eigenvalue weighted by molar-refractivity contribution is 0.0397. The van der Waals surface area contributed by atoms with Gasteiger partial charge in [-0.1, -0.05) is 12.1 Å². The van der Waals surface area contributed by atoms with E-state index in [2.05, 4.69) is 21.0 Å². The smallest absolute Gasteiger partial charge is 0.211 e. The predicted molar refractivity (Wildman–Crippen MR) is 168 cm³/mol. The second-order valence-corrected chi connectivity index (χ2v) is 14.0. The Morgan fingerprint density at radius 1 is 1.00 bits per heavy atom. The molecule has 5 heterocycles. The highest BCUT2D eigenvalue weighted by molar-refractivity contribution is 7.88. The molecule has 0 saturated carbocycles. The maximum absolute atomic E-state index is 12.2. The van der Waals surface area contributed by atoms with Crippen LogP contribution < -0.4 is 4.90 Å². The first kappa shape index (κ1) is 31.2. The Hall–Kier alpha value is -2.79. The minimum absolute atomic E-state index is 0.0916. The zero-order valence-corrected chi connectivity index (χ0v) is 26.5. The Bertz CT molecular complexity index is 1670. The number of ether oxygens (including phenoxy) is 3. The van der Waals surface area contributed by atoms with Crippen molar-refractivity contribution < 1.29 is 27.0 Å². The van der Waals surface area contributed by atoms with Gasteiger partial charge in [-0.15, -0.1) is 11.3 Å². The molecule has 0 amide bonds. The van der Waals surface area contributed by atoms with Crippen molar-refractivity contribution in [2.75, 3.05) is 96.7 Å². The number of sulfonamides is 1. The third-order valence-electron chi connectivity index (χ3n) is 7.86. The van der Waals surface area contributed by atoms with Gasteiger partial charge < -0.3 is 19.1 Å². The predicted octanol–water partition coefficient (Wildman–Crippen LogP) is 2.62. The van der Waals surface area contributed by atoms with Gasteiger partial charge >= 0.3 is 0 Å². The van der Waals surface area contributed by atoms with Gasteiger partial charge in [0.25, 0.3) is 0 Å². The number of fused-ring (bicyclic) bond motifs is 2. The number of aromatic nitrogens is 4. The molecule has 4 aromatic rings. The normalized spacial score (nSPS) is 17.3. The van der Waals surface area contributed by atoms with E-state index < -0.39 is 16.7 Å². The first-order chi connectivity index (χ1) is 21.4. The van der Waals surface area contributed by atoms with Gasteiger partial charge in [0, 0.05) is 61.6 Å². The van der Waals surface area contributed by atoms with Crippen LogP contribution in [0, 0.1) is 0 Å². The van der Waals surface area contributed by atoms with E-state index in [1.807, 2.05) is 29.1 Å². The molecular weight excluding hydrogens is 609 g/mol.